The molecule has 1 fully saturated rings. The molecule has 1 aliphatic carbocycles. The van der Waals surface area contributed by atoms with Crippen LogP contribution >= 0.6 is 0 Å². The lowest BCUT2D eigenvalue weighted by Crippen LogP contribution is -2.16. The zero-order valence-electron chi connectivity index (χ0n) is 10.9. The highest BCUT2D eigenvalue weighted by atomic mass is 19.1. The summed E-state index contributed by atoms with van der Waals surface area (Å²) in [5.41, 5.74) is 0.835. The second-order valence-corrected chi connectivity index (χ2v) is 4.89. The number of hydrogen-bond acceptors (Lipinski definition) is 3. The van der Waals surface area contributed by atoms with Gasteiger partial charge in [0.1, 0.15) is 18.2 Å². The van der Waals surface area contributed by atoms with Crippen molar-refractivity contribution in [3.8, 4) is 5.75 Å². The molecule has 2 aromatic rings. The maximum atomic E-state index is 13.4. The fourth-order valence-electron chi connectivity index (χ4n) is 1.92. The largest absolute Gasteiger partial charge is 0.486 e. The molecule has 0 bridgehead atoms. The minimum absolute atomic E-state index is 0.0905. The van der Waals surface area contributed by atoms with E-state index in [2.05, 4.69) is 5.32 Å². The van der Waals surface area contributed by atoms with E-state index >= 15 is 0 Å². The maximum Gasteiger partial charge on any atom is 0.165 e. The van der Waals surface area contributed by atoms with Crippen LogP contribution in [0.5, 0.6) is 5.75 Å². The van der Waals surface area contributed by atoms with Crippen LogP contribution in [-0.4, -0.2) is 6.04 Å². The number of rotatable bonds is 6. The van der Waals surface area contributed by atoms with E-state index in [-0.39, 0.29) is 12.4 Å². The van der Waals surface area contributed by atoms with Crippen LogP contribution in [0.25, 0.3) is 0 Å². The second kappa shape index (κ2) is 5.63. The highest BCUT2D eigenvalue weighted by Crippen LogP contribution is 2.22. The van der Waals surface area contributed by atoms with Crippen LogP contribution in [0.3, 0.4) is 0 Å². The molecule has 5 heteroatoms. The summed E-state index contributed by atoms with van der Waals surface area (Å²) in [4.78, 5) is 0. The van der Waals surface area contributed by atoms with E-state index in [1.807, 2.05) is 0 Å². The van der Waals surface area contributed by atoms with E-state index in [0.717, 1.165) is 29.5 Å². The first-order valence-corrected chi connectivity index (χ1v) is 6.59. The molecule has 1 saturated carbocycles. The standard InChI is InChI=1S/C15H15F2NO2/c16-11-1-4-13(17)14(7-11)20-9-10-5-6-19-15(10)8-18-12-2-3-12/h1,4-7,12,18H,2-3,8-9H2. The molecular formula is C15H15F2NO2. The van der Waals surface area contributed by atoms with Gasteiger partial charge in [-0.1, -0.05) is 0 Å². The predicted molar refractivity (Wildman–Crippen MR) is 69.3 cm³/mol. The zero-order chi connectivity index (χ0) is 13.9. The van der Waals surface area contributed by atoms with Crippen molar-refractivity contribution >= 4 is 0 Å². The fourth-order valence-corrected chi connectivity index (χ4v) is 1.92. The summed E-state index contributed by atoms with van der Waals surface area (Å²) < 4.78 is 37.2. The van der Waals surface area contributed by atoms with E-state index < -0.39 is 11.6 Å². The molecule has 0 atom stereocenters. The van der Waals surface area contributed by atoms with Crippen molar-refractivity contribution in [3.05, 3.63) is 53.5 Å². The Kier molecular flexibility index (Phi) is 3.69. The Morgan fingerprint density at radius 2 is 2.10 bits per heavy atom. The lowest BCUT2D eigenvalue weighted by Gasteiger charge is -2.08. The van der Waals surface area contributed by atoms with Gasteiger partial charge >= 0.3 is 0 Å². The second-order valence-electron chi connectivity index (χ2n) is 4.89. The first-order chi connectivity index (χ1) is 9.72. The van der Waals surface area contributed by atoms with Crippen LogP contribution in [0.4, 0.5) is 8.78 Å². The van der Waals surface area contributed by atoms with Crippen molar-refractivity contribution in [3.63, 3.8) is 0 Å². The maximum absolute atomic E-state index is 13.4. The van der Waals surface area contributed by atoms with Crippen LogP contribution in [0.15, 0.2) is 34.9 Å². The number of benzene rings is 1. The monoisotopic (exact) mass is 279 g/mol. The summed E-state index contributed by atoms with van der Waals surface area (Å²) >= 11 is 0. The van der Waals surface area contributed by atoms with Gasteiger partial charge in [0.05, 0.1) is 12.8 Å². The number of halogens is 2. The van der Waals surface area contributed by atoms with Crippen LogP contribution in [0.1, 0.15) is 24.2 Å². The minimum atomic E-state index is -0.576. The molecule has 1 N–H and O–H groups in total. The molecule has 3 rings (SSSR count). The normalized spacial score (nSPS) is 14.5. The van der Waals surface area contributed by atoms with Gasteiger partial charge in [0, 0.05) is 17.7 Å². The first kappa shape index (κ1) is 13.1. The molecule has 1 aromatic carbocycles. The van der Waals surface area contributed by atoms with E-state index in [9.17, 15) is 8.78 Å². The van der Waals surface area contributed by atoms with Gasteiger partial charge in [-0.3, -0.25) is 0 Å². The third-order valence-corrected chi connectivity index (χ3v) is 3.24. The topological polar surface area (TPSA) is 34.4 Å². The molecule has 1 heterocycles. The third kappa shape index (κ3) is 3.17. The van der Waals surface area contributed by atoms with Gasteiger partial charge in [-0.2, -0.15) is 0 Å². The van der Waals surface area contributed by atoms with Gasteiger partial charge in [0.2, 0.25) is 0 Å². The van der Waals surface area contributed by atoms with Gasteiger partial charge in [-0.05, 0) is 31.0 Å². The molecule has 3 nitrogen and oxygen atoms in total. The molecule has 20 heavy (non-hydrogen) atoms. The molecule has 1 aliphatic rings. The molecule has 1 aromatic heterocycles. The SMILES string of the molecule is Fc1ccc(F)c(OCc2ccoc2CNC2CC2)c1. The van der Waals surface area contributed by atoms with Gasteiger partial charge < -0.3 is 14.5 Å². The lowest BCUT2D eigenvalue weighted by atomic mass is 10.2. The van der Waals surface area contributed by atoms with Crippen LogP contribution in [0.2, 0.25) is 0 Å². The van der Waals surface area contributed by atoms with Crippen molar-refractivity contribution < 1.29 is 17.9 Å². The molecule has 0 saturated heterocycles. The third-order valence-electron chi connectivity index (χ3n) is 3.24. The number of ether oxygens (including phenoxy) is 1. The Bertz CT molecular complexity index is 593. The van der Waals surface area contributed by atoms with Gasteiger partial charge in [-0.15, -0.1) is 0 Å². The molecule has 0 spiro atoms. The molecule has 0 amide bonds. The van der Waals surface area contributed by atoms with E-state index in [0.29, 0.717) is 12.6 Å². The molecular weight excluding hydrogens is 264 g/mol. The number of hydrogen-bond donors (Lipinski definition) is 1. The van der Waals surface area contributed by atoms with Crippen LogP contribution in [0, 0.1) is 11.6 Å². The first-order valence-electron chi connectivity index (χ1n) is 6.59. The van der Waals surface area contributed by atoms with Crippen LogP contribution in [-0.2, 0) is 13.2 Å². The van der Waals surface area contributed by atoms with E-state index in [1.165, 1.54) is 12.8 Å². The summed E-state index contributed by atoms with van der Waals surface area (Å²) in [6.45, 7) is 0.778. The van der Waals surface area contributed by atoms with Crippen molar-refractivity contribution in [2.45, 2.75) is 32.0 Å². The molecule has 106 valence electrons. The van der Waals surface area contributed by atoms with Crippen molar-refractivity contribution in [1.82, 2.24) is 5.32 Å². The van der Waals surface area contributed by atoms with E-state index in [1.54, 1.807) is 12.3 Å². The molecule has 0 radical (unpaired) electrons. The highest BCUT2D eigenvalue weighted by molar-refractivity contribution is 5.26. The number of nitrogens with one attached hydrogen (secondary N) is 1. The van der Waals surface area contributed by atoms with Gasteiger partial charge in [0.15, 0.2) is 11.6 Å². The quantitative estimate of drug-likeness (QED) is 0.880. The lowest BCUT2D eigenvalue weighted by molar-refractivity contribution is 0.284. The summed E-state index contributed by atoms with van der Waals surface area (Å²) in [5.74, 6) is -0.419. The van der Waals surface area contributed by atoms with Gasteiger partial charge in [0.25, 0.3) is 0 Å². The summed E-state index contributed by atoms with van der Waals surface area (Å²) in [7, 11) is 0. The Morgan fingerprint density at radius 3 is 2.90 bits per heavy atom. The van der Waals surface area contributed by atoms with Crippen molar-refractivity contribution in [1.29, 1.82) is 0 Å². The Balaban J connectivity index is 1.62. The molecule has 0 unspecified atom stereocenters. The zero-order valence-corrected chi connectivity index (χ0v) is 10.9. The van der Waals surface area contributed by atoms with Crippen LogP contribution < -0.4 is 10.1 Å². The van der Waals surface area contributed by atoms with Crippen molar-refractivity contribution in [2.24, 2.45) is 0 Å². The predicted octanol–water partition coefficient (Wildman–Crippen LogP) is 3.39. The Labute approximate surface area is 115 Å². The molecule has 0 aliphatic heterocycles. The summed E-state index contributed by atoms with van der Waals surface area (Å²) in [6.07, 6.45) is 3.96. The average molecular weight is 279 g/mol. The Hall–Kier alpha value is -1.88. The fraction of sp³-hybridized carbons (Fsp3) is 0.333. The highest BCUT2D eigenvalue weighted by Gasteiger charge is 2.21. The van der Waals surface area contributed by atoms with Crippen molar-refractivity contribution in [2.75, 3.05) is 0 Å². The smallest absolute Gasteiger partial charge is 0.165 e. The van der Waals surface area contributed by atoms with Gasteiger partial charge in [-0.25, -0.2) is 8.78 Å². The summed E-state index contributed by atoms with van der Waals surface area (Å²) in [6, 6.07) is 5.51. The Morgan fingerprint density at radius 1 is 1.25 bits per heavy atom. The average Bonchev–Trinajstić information content (AvgIpc) is 3.16. The van der Waals surface area contributed by atoms with E-state index in [4.69, 9.17) is 9.15 Å². The minimum Gasteiger partial charge on any atom is -0.486 e. The number of furan rings is 1. The summed E-state index contributed by atoms with van der Waals surface area (Å²) in [5, 5.41) is 3.33.